The Hall–Kier alpha value is -3.64. The zero-order valence-corrected chi connectivity index (χ0v) is 22.9. The lowest BCUT2D eigenvalue weighted by molar-refractivity contribution is -0.135. The molecule has 4 rings (SSSR count). The lowest BCUT2D eigenvalue weighted by Crippen LogP contribution is -2.17. The van der Waals surface area contributed by atoms with Gasteiger partial charge < -0.3 is 18.9 Å². The van der Waals surface area contributed by atoms with Crippen molar-refractivity contribution in [1.82, 2.24) is 0 Å². The van der Waals surface area contributed by atoms with Crippen LogP contribution in [0.15, 0.2) is 72.8 Å². The van der Waals surface area contributed by atoms with Crippen LogP contribution in [0.2, 0.25) is 0 Å². The molecule has 206 valence electrons. The summed E-state index contributed by atoms with van der Waals surface area (Å²) in [5, 5.41) is 0. The maximum atomic E-state index is 12.6. The minimum Gasteiger partial charge on any atom is -0.494 e. The normalized spacial score (nSPS) is 15.9. The van der Waals surface area contributed by atoms with Gasteiger partial charge in [0.15, 0.2) is 6.10 Å². The van der Waals surface area contributed by atoms with Crippen LogP contribution < -0.4 is 14.2 Å². The summed E-state index contributed by atoms with van der Waals surface area (Å²) >= 11 is 0. The highest BCUT2D eigenvalue weighted by atomic mass is 16.6. The molecular formula is C33H38O6. The zero-order chi connectivity index (χ0) is 27.5. The maximum absolute atomic E-state index is 12.6. The van der Waals surface area contributed by atoms with Crippen LogP contribution in [-0.4, -0.2) is 30.8 Å². The molecule has 0 aromatic heterocycles. The fraction of sp³-hybridized carbons (Fsp3) is 0.394. The number of carbonyl (C=O) groups is 2. The molecule has 2 atom stereocenters. The second-order valence-corrected chi connectivity index (χ2v) is 9.88. The molecule has 1 saturated heterocycles. The van der Waals surface area contributed by atoms with Crippen molar-refractivity contribution in [3.63, 3.8) is 0 Å². The molecule has 0 saturated carbocycles. The van der Waals surface area contributed by atoms with E-state index in [-0.39, 0.29) is 12.1 Å². The van der Waals surface area contributed by atoms with Gasteiger partial charge in [0.25, 0.3) is 0 Å². The summed E-state index contributed by atoms with van der Waals surface area (Å²) < 4.78 is 22.1. The Kier molecular flexibility index (Phi) is 10.5. The molecule has 1 fully saturated rings. The van der Waals surface area contributed by atoms with Gasteiger partial charge in [-0.3, -0.25) is 0 Å². The first kappa shape index (κ1) is 28.4. The van der Waals surface area contributed by atoms with Gasteiger partial charge in [0, 0.05) is 0 Å². The molecule has 0 unspecified atom stereocenters. The third-order valence-corrected chi connectivity index (χ3v) is 6.72. The first-order valence-electron chi connectivity index (χ1n) is 14.1. The number of hydrogen-bond donors (Lipinski definition) is 0. The first-order valence-corrected chi connectivity index (χ1v) is 14.1. The van der Waals surface area contributed by atoms with Gasteiger partial charge in [0.05, 0.1) is 18.3 Å². The summed E-state index contributed by atoms with van der Waals surface area (Å²) in [6.07, 6.45) is 8.70. The van der Waals surface area contributed by atoms with Crippen LogP contribution in [0.3, 0.4) is 0 Å². The van der Waals surface area contributed by atoms with Crippen molar-refractivity contribution in [1.29, 1.82) is 0 Å². The minimum absolute atomic E-state index is 0.0116. The van der Waals surface area contributed by atoms with Crippen LogP contribution in [0.4, 0.5) is 0 Å². The molecule has 39 heavy (non-hydrogen) atoms. The number of esters is 2. The van der Waals surface area contributed by atoms with E-state index < -0.39 is 12.1 Å². The van der Waals surface area contributed by atoms with E-state index >= 15 is 0 Å². The number of benzene rings is 3. The number of rotatable bonds is 15. The highest BCUT2D eigenvalue weighted by Crippen LogP contribution is 2.29. The van der Waals surface area contributed by atoms with Gasteiger partial charge in [-0.05, 0) is 72.5 Å². The summed E-state index contributed by atoms with van der Waals surface area (Å²) in [5.74, 6) is 0.939. The van der Waals surface area contributed by atoms with E-state index in [2.05, 4.69) is 13.8 Å². The highest BCUT2D eigenvalue weighted by molar-refractivity contribution is 5.91. The predicted molar refractivity (Wildman–Crippen MR) is 151 cm³/mol. The number of epoxide rings is 1. The van der Waals surface area contributed by atoms with Crippen LogP contribution in [0, 0.1) is 0 Å². The standard InChI is InChI=1S/C33H38O6/c1-3-5-6-7-8-9-23-36-27-17-15-26(16-18-27)32(34)37-28-19-11-24(12-20-28)25-13-21-29(22-14-25)38-33(35)31-30(39-31)10-4-2/h11-22,30-31H,3-10,23H2,1-2H3/t30-,31-/m1/s1. The number of hydrogen-bond acceptors (Lipinski definition) is 6. The largest absolute Gasteiger partial charge is 0.494 e. The Morgan fingerprint density at radius 3 is 1.85 bits per heavy atom. The second kappa shape index (κ2) is 14.5. The third-order valence-electron chi connectivity index (χ3n) is 6.72. The molecule has 6 heteroatoms. The molecule has 3 aromatic carbocycles. The average molecular weight is 531 g/mol. The van der Waals surface area contributed by atoms with Gasteiger partial charge in [-0.2, -0.15) is 0 Å². The van der Waals surface area contributed by atoms with Gasteiger partial charge in [-0.15, -0.1) is 0 Å². The van der Waals surface area contributed by atoms with Crippen molar-refractivity contribution in [3.8, 4) is 28.4 Å². The number of carbonyl (C=O) groups excluding carboxylic acids is 2. The van der Waals surface area contributed by atoms with Crippen molar-refractivity contribution in [2.24, 2.45) is 0 Å². The second-order valence-electron chi connectivity index (χ2n) is 9.88. The Morgan fingerprint density at radius 2 is 1.23 bits per heavy atom. The van der Waals surface area contributed by atoms with Crippen molar-refractivity contribution >= 4 is 11.9 Å². The van der Waals surface area contributed by atoms with E-state index in [0.717, 1.165) is 36.1 Å². The first-order chi connectivity index (χ1) is 19.1. The number of ether oxygens (including phenoxy) is 4. The zero-order valence-electron chi connectivity index (χ0n) is 22.9. The molecule has 0 amide bonds. The fourth-order valence-corrected chi connectivity index (χ4v) is 4.38. The Balaban J connectivity index is 1.22. The van der Waals surface area contributed by atoms with Gasteiger partial charge >= 0.3 is 11.9 Å². The van der Waals surface area contributed by atoms with Crippen molar-refractivity contribution < 1.29 is 28.5 Å². The highest BCUT2D eigenvalue weighted by Gasteiger charge is 2.45. The average Bonchev–Trinajstić information content (AvgIpc) is 3.73. The van der Waals surface area contributed by atoms with E-state index in [0.29, 0.717) is 23.7 Å². The molecule has 0 bridgehead atoms. The minimum atomic E-state index is -0.443. The Labute approximate surface area is 231 Å². The van der Waals surface area contributed by atoms with Crippen LogP contribution >= 0.6 is 0 Å². The quantitative estimate of drug-likeness (QED) is 0.0864. The predicted octanol–water partition coefficient (Wildman–Crippen LogP) is 7.79. The smallest absolute Gasteiger partial charge is 0.343 e. The van der Waals surface area contributed by atoms with Crippen LogP contribution in [0.25, 0.3) is 11.1 Å². The van der Waals surface area contributed by atoms with Crippen LogP contribution in [0.1, 0.15) is 75.6 Å². The summed E-state index contributed by atoms with van der Waals surface area (Å²) in [6, 6.07) is 21.6. The molecule has 1 heterocycles. The molecule has 1 aliphatic rings. The maximum Gasteiger partial charge on any atom is 0.343 e. The lowest BCUT2D eigenvalue weighted by atomic mass is 10.1. The van der Waals surface area contributed by atoms with E-state index in [4.69, 9.17) is 18.9 Å². The van der Waals surface area contributed by atoms with Crippen molar-refractivity contribution in [2.75, 3.05) is 6.61 Å². The summed E-state index contributed by atoms with van der Waals surface area (Å²) in [5.41, 5.74) is 2.37. The molecule has 6 nitrogen and oxygen atoms in total. The van der Waals surface area contributed by atoms with E-state index in [9.17, 15) is 9.59 Å². The van der Waals surface area contributed by atoms with E-state index in [1.54, 1.807) is 48.5 Å². The SMILES string of the molecule is CCCCCCCCOc1ccc(C(=O)Oc2ccc(-c3ccc(OC(=O)[C@@H]4O[C@@H]4CCC)cc3)cc2)cc1. The monoisotopic (exact) mass is 530 g/mol. The van der Waals surface area contributed by atoms with Gasteiger partial charge in [-0.25, -0.2) is 9.59 Å². The molecule has 0 aliphatic carbocycles. The van der Waals surface area contributed by atoms with E-state index in [1.807, 2.05) is 24.3 Å². The van der Waals surface area contributed by atoms with Crippen LogP contribution in [-0.2, 0) is 9.53 Å². The van der Waals surface area contributed by atoms with Crippen molar-refractivity contribution in [3.05, 3.63) is 78.4 Å². The summed E-state index contributed by atoms with van der Waals surface area (Å²) in [4.78, 5) is 24.7. The summed E-state index contributed by atoms with van der Waals surface area (Å²) in [6.45, 7) is 4.97. The van der Waals surface area contributed by atoms with Crippen molar-refractivity contribution in [2.45, 2.75) is 77.4 Å². The van der Waals surface area contributed by atoms with Gasteiger partial charge in [-0.1, -0.05) is 76.6 Å². The molecule has 1 aliphatic heterocycles. The lowest BCUT2D eigenvalue weighted by Gasteiger charge is -2.09. The van der Waals surface area contributed by atoms with Gasteiger partial charge in [0.1, 0.15) is 17.2 Å². The van der Waals surface area contributed by atoms with Crippen LogP contribution in [0.5, 0.6) is 17.2 Å². The van der Waals surface area contributed by atoms with E-state index in [1.165, 1.54) is 32.1 Å². The molecule has 3 aromatic rings. The summed E-state index contributed by atoms with van der Waals surface area (Å²) in [7, 11) is 0. The van der Waals surface area contributed by atoms with Gasteiger partial charge in [0.2, 0.25) is 0 Å². The molecule has 0 N–H and O–H groups in total. The molecule has 0 radical (unpaired) electrons. The third kappa shape index (κ3) is 8.69. The number of unbranched alkanes of at least 4 members (excludes halogenated alkanes) is 5. The Morgan fingerprint density at radius 1 is 0.667 bits per heavy atom. The fourth-order valence-electron chi connectivity index (χ4n) is 4.38. The molecule has 0 spiro atoms. The molecular weight excluding hydrogens is 492 g/mol. The Bertz CT molecular complexity index is 1180. The topological polar surface area (TPSA) is 74.4 Å².